The highest BCUT2D eigenvalue weighted by Gasteiger charge is 2.14. The number of likely N-dealkylation sites (N-methyl/N-ethyl adjacent to an activating group) is 1. The van der Waals surface area contributed by atoms with Gasteiger partial charge in [0.05, 0.1) is 4.92 Å². The first kappa shape index (κ1) is 20.8. The zero-order valence-corrected chi connectivity index (χ0v) is 15.2. The van der Waals surface area contributed by atoms with Crippen LogP contribution < -0.4 is 0 Å². The molecule has 2 aromatic carbocycles. The van der Waals surface area contributed by atoms with E-state index in [1.54, 1.807) is 19.1 Å². The lowest BCUT2D eigenvalue weighted by Gasteiger charge is -2.20. The third kappa shape index (κ3) is 6.31. The molecule has 0 spiro atoms. The predicted molar refractivity (Wildman–Crippen MR) is 101 cm³/mol. The van der Waals surface area contributed by atoms with Crippen molar-refractivity contribution in [2.24, 2.45) is 0 Å². The number of benzene rings is 2. The number of hydrogen-bond donors (Lipinski definition) is 0. The molecule has 0 unspecified atom stereocenters. The number of nitro groups is 1. The number of nitrogens with zero attached hydrogens (tertiary/aromatic N) is 2. The summed E-state index contributed by atoms with van der Waals surface area (Å²) in [6, 6.07) is 11.6. The number of halogens is 1. The molecular weight excluding hydrogens is 367 g/mol. The summed E-state index contributed by atoms with van der Waals surface area (Å²) in [5, 5.41) is 10.6. The fourth-order valence-electron chi connectivity index (χ4n) is 2.38. The highest BCUT2D eigenvalue weighted by molar-refractivity contribution is 5.89. The van der Waals surface area contributed by atoms with E-state index in [0.29, 0.717) is 17.7 Å². The Hall–Kier alpha value is -3.55. The molecule has 0 saturated heterocycles. The second-order valence-corrected chi connectivity index (χ2v) is 5.83. The number of non-ortho nitro benzene ring substituents is 1. The van der Waals surface area contributed by atoms with Crippen LogP contribution in [-0.2, 0) is 20.9 Å². The fraction of sp³-hybridized carbons (Fsp3) is 0.200. The molecule has 0 aromatic heterocycles. The second-order valence-electron chi connectivity index (χ2n) is 5.83. The van der Waals surface area contributed by atoms with Crippen LogP contribution in [0, 0.1) is 15.9 Å². The zero-order valence-electron chi connectivity index (χ0n) is 15.2. The number of amides is 1. The van der Waals surface area contributed by atoms with Crippen molar-refractivity contribution in [1.82, 2.24) is 4.90 Å². The lowest BCUT2D eigenvalue weighted by Crippen LogP contribution is -2.34. The van der Waals surface area contributed by atoms with Crippen molar-refractivity contribution in [3.8, 4) is 0 Å². The maximum Gasteiger partial charge on any atom is 0.331 e. The largest absolute Gasteiger partial charge is 0.452 e. The molecule has 0 heterocycles. The molecular formula is C20H19FN2O5. The molecule has 8 heteroatoms. The van der Waals surface area contributed by atoms with Crippen molar-refractivity contribution < 1.29 is 23.6 Å². The van der Waals surface area contributed by atoms with E-state index in [-0.39, 0.29) is 18.0 Å². The number of carbonyl (C=O) groups is 2. The molecule has 1 amide bonds. The molecule has 146 valence electrons. The number of esters is 1. The third-order valence-electron chi connectivity index (χ3n) is 3.85. The van der Waals surface area contributed by atoms with Gasteiger partial charge in [0.1, 0.15) is 5.82 Å². The van der Waals surface area contributed by atoms with Gasteiger partial charge in [-0.05, 0) is 48.4 Å². The SMILES string of the molecule is CCN(Cc1cccc(F)c1)C(=O)COC(=O)/C=C/c1ccc([N+](=O)[O-])cc1. The van der Waals surface area contributed by atoms with Crippen molar-refractivity contribution in [3.63, 3.8) is 0 Å². The van der Waals surface area contributed by atoms with E-state index in [9.17, 15) is 24.1 Å². The highest BCUT2D eigenvalue weighted by atomic mass is 19.1. The van der Waals surface area contributed by atoms with Crippen LogP contribution in [0.1, 0.15) is 18.1 Å². The van der Waals surface area contributed by atoms with Crippen LogP contribution in [0.5, 0.6) is 0 Å². The average molecular weight is 386 g/mol. The minimum absolute atomic E-state index is 0.0525. The second kappa shape index (κ2) is 9.96. The summed E-state index contributed by atoms with van der Waals surface area (Å²) >= 11 is 0. The van der Waals surface area contributed by atoms with E-state index in [1.807, 2.05) is 0 Å². The van der Waals surface area contributed by atoms with Crippen LogP contribution in [0.3, 0.4) is 0 Å². The Labute approximate surface area is 161 Å². The Kier molecular flexibility index (Phi) is 7.38. The summed E-state index contributed by atoms with van der Waals surface area (Å²) in [5.74, 6) is -1.50. The van der Waals surface area contributed by atoms with Crippen LogP contribution in [0.2, 0.25) is 0 Å². The molecule has 28 heavy (non-hydrogen) atoms. The zero-order chi connectivity index (χ0) is 20.5. The van der Waals surface area contributed by atoms with E-state index < -0.39 is 23.4 Å². The fourth-order valence-corrected chi connectivity index (χ4v) is 2.38. The van der Waals surface area contributed by atoms with E-state index in [0.717, 1.165) is 6.08 Å². The molecule has 0 radical (unpaired) electrons. The standard InChI is InChI=1S/C20H19FN2O5/c1-2-22(13-16-4-3-5-17(21)12-16)19(24)14-28-20(25)11-8-15-6-9-18(10-7-15)23(26)27/h3-12H,2,13-14H2,1H3/b11-8+. The van der Waals surface area contributed by atoms with Gasteiger partial charge in [0.15, 0.2) is 6.61 Å². The summed E-state index contributed by atoms with van der Waals surface area (Å²) in [4.78, 5) is 35.5. The van der Waals surface area contributed by atoms with Crippen LogP contribution in [-0.4, -0.2) is 34.9 Å². The number of hydrogen-bond acceptors (Lipinski definition) is 5. The molecule has 0 fully saturated rings. The molecule has 0 aliphatic rings. The molecule has 0 aliphatic heterocycles. The number of ether oxygens (including phenoxy) is 1. The van der Waals surface area contributed by atoms with Gasteiger partial charge in [0, 0.05) is 31.3 Å². The Morgan fingerprint density at radius 2 is 1.93 bits per heavy atom. The van der Waals surface area contributed by atoms with Crippen LogP contribution in [0.4, 0.5) is 10.1 Å². The van der Waals surface area contributed by atoms with Gasteiger partial charge in [-0.2, -0.15) is 0 Å². The van der Waals surface area contributed by atoms with Gasteiger partial charge in [-0.1, -0.05) is 12.1 Å². The summed E-state index contributed by atoms with van der Waals surface area (Å²) in [7, 11) is 0. The Bertz CT molecular complexity index is 880. The summed E-state index contributed by atoms with van der Waals surface area (Å²) in [6.07, 6.45) is 2.57. The molecule has 0 N–H and O–H groups in total. The molecule has 2 aromatic rings. The van der Waals surface area contributed by atoms with Gasteiger partial charge in [0.2, 0.25) is 0 Å². The average Bonchev–Trinajstić information content (AvgIpc) is 2.69. The maximum absolute atomic E-state index is 13.2. The van der Waals surface area contributed by atoms with Crippen molar-refractivity contribution in [3.05, 3.63) is 81.7 Å². The molecule has 0 bridgehead atoms. The molecule has 0 atom stereocenters. The predicted octanol–water partition coefficient (Wildman–Crippen LogP) is 3.34. The normalized spacial score (nSPS) is 10.6. The van der Waals surface area contributed by atoms with E-state index in [2.05, 4.69) is 0 Å². The quantitative estimate of drug-likeness (QED) is 0.300. The van der Waals surface area contributed by atoms with Gasteiger partial charge < -0.3 is 9.64 Å². The lowest BCUT2D eigenvalue weighted by molar-refractivity contribution is -0.384. The van der Waals surface area contributed by atoms with E-state index in [1.165, 1.54) is 47.4 Å². The third-order valence-corrected chi connectivity index (χ3v) is 3.85. The van der Waals surface area contributed by atoms with Crippen molar-refractivity contribution in [2.45, 2.75) is 13.5 Å². The Morgan fingerprint density at radius 1 is 1.21 bits per heavy atom. The molecule has 0 saturated carbocycles. The van der Waals surface area contributed by atoms with Crippen LogP contribution in [0.25, 0.3) is 6.08 Å². The molecule has 7 nitrogen and oxygen atoms in total. The van der Waals surface area contributed by atoms with Crippen LogP contribution >= 0.6 is 0 Å². The number of carbonyl (C=O) groups excluding carboxylic acids is 2. The number of rotatable bonds is 8. The van der Waals surface area contributed by atoms with Gasteiger partial charge in [-0.15, -0.1) is 0 Å². The Balaban J connectivity index is 1.86. The monoisotopic (exact) mass is 386 g/mol. The molecule has 0 aliphatic carbocycles. The Morgan fingerprint density at radius 3 is 2.54 bits per heavy atom. The summed E-state index contributed by atoms with van der Waals surface area (Å²) < 4.78 is 18.2. The van der Waals surface area contributed by atoms with Crippen molar-refractivity contribution in [1.29, 1.82) is 0 Å². The van der Waals surface area contributed by atoms with Crippen LogP contribution in [0.15, 0.2) is 54.6 Å². The van der Waals surface area contributed by atoms with E-state index in [4.69, 9.17) is 4.74 Å². The smallest absolute Gasteiger partial charge is 0.331 e. The summed E-state index contributed by atoms with van der Waals surface area (Å²) in [5.41, 5.74) is 1.16. The summed E-state index contributed by atoms with van der Waals surface area (Å²) in [6.45, 7) is 1.93. The molecule has 2 rings (SSSR count). The minimum atomic E-state index is -0.714. The maximum atomic E-state index is 13.2. The lowest BCUT2D eigenvalue weighted by atomic mass is 10.2. The van der Waals surface area contributed by atoms with Crippen molar-refractivity contribution >= 4 is 23.6 Å². The van der Waals surface area contributed by atoms with Gasteiger partial charge in [0.25, 0.3) is 11.6 Å². The first-order valence-electron chi connectivity index (χ1n) is 8.50. The topological polar surface area (TPSA) is 89.8 Å². The first-order valence-corrected chi connectivity index (χ1v) is 8.50. The van der Waals surface area contributed by atoms with Gasteiger partial charge in [-0.25, -0.2) is 9.18 Å². The van der Waals surface area contributed by atoms with Crippen molar-refractivity contribution in [2.75, 3.05) is 13.2 Å². The van der Waals surface area contributed by atoms with Gasteiger partial charge in [-0.3, -0.25) is 14.9 Å². The van der Waals surface area contributed by atoms with Gasteiger partial charge >= 0.3 is 5.97 Å². The number of nitro benzene ring substituents is 1. The highest BCUT2D eigenvalue weighted by Crippen LogP contribution is 2.13. The minimum Gasteiger partial charge on any atom is -0.452 e. The van der Waals surface area contributed by atoms with E-state index >= 15 is 0 Å². The first-order chi connectivity index (χ1) is 13.4.